The van der Waals surface area contributed by atoms with Gasteiger partial charge in [-0.2, -0.15) is 5.10 Å². The number of rotatable bonds is 1. The Morgan fingerprint density at radius 3 is 2.71 bits per heavy atom. The molecule has 0 atom stereocenters. The van der Waals surface area contributed by atoms with Gasteiger partial charge in [-0.15, -0.1) is 0 Å². The minimum absolute atomic E-state index is 0.171. The van der Waals surface area contributed by atoms with Gasteiger partial charge >= 0.3 is 0 Å². The number of hydrogen-bond acceptors (Lipinski definition) is 3. The lowest BCUT2D eigenvalue weighted by molar-refractivity contribution is 1.01. The van der Waals surface area contributed by atoms with Crippen LogP contribution in [0.1, 0.15) is 0 Å². The van der Waals surface area contributed by atoms with Crippen molar-refractivity contribution in [3.8, 4) is 11.1 Å². The molecule has 0 amide bonds. The van der Waals surface area contributed by atoms with Gasteiger partial charge in [0.2, 0.25) is 0 Å². The number of fused-ring (bicyclic) bond motifs is 1. The largest absolute Gasteiger partial charge is 0.272 e. The van der Waals surface area contributed by atoms with Crippen LogP contribution < -0.4 is 5.56 Å². The topological polar surface area (TPSA) is 58.6 Å². The third-order valence-corrected chi connectivity index (χ3v) is 2.68. The molecule has 3 aromatic rings. The van der Waals surface area contributed by atoms with Gasteiger partial charge in [0.1, 0.15) is 0 Å². The van der Waals surface area contributed by atoms with E-state index in [-0.39, 0.29) is 5.56 Å². The number of hydrogen-bond donors (Lipinski definition) is 1. The van der Waals surface area contributed by atoms with Crippen LogP contribution in [0.2, 0.25) is 0 Å². The zero-order valence-electron chi connectivity index (χ0n) is 8.92. The molecule has 0 spiro atoms. The first-order valence-corrected chi connectivity index (χ1v) is 5.23. The highest BCUT2D eigenvalue weighted by Gasteiger charge is 2.06. The highest BCUT2D eigenvalue weighted by atomic mass is 16.1. The highest BCUT2D eigenvalue weighted by Crippen LogP contribution is 2.24. The summed E-state index contributed by atoms with van der Waals surface area (Å²) in [5.74, 6) is 0. The number of nitrogens with zero attached hydrogens (tertiary/aromatic N) is 2. The van der Waals surface area contributed by atoms with Gasteiger partial charge in [0.15, 0.2) is 0 Å². The normalized spacial score (nSPS) is 10.6. The van der Waals surface area contributed by atoms with Crippen LogP contribution in [0.5, 0.6) is 0 Å². The van der Waals surface area contributed by atoms with E-state index in [9.17, 15) is 4.79 Å². The summed E-state index contributed by atoms with van der Waals surface area (Å²) in [4.78, 5) is 15.8. The van der Waals surface area contributed by atoms with E-state index in [1.807, 2.05) is 30.3 Å². The number of pyridine rings is 1. The van der Waals surface area contributed by atoms with E-state index in [4.69, 9.17) is 0 Å². The van der Waals surface area contributed by atoms with Crippen LogP contribution in [0.15, 0.2) is 53.7 Å². The molecule has 82 valence electrons. The third-order valence-electron chi connectivity index (χ3n) is 2.68. The van der Waals surface area contributed by atoms with Crippen molar-refractivity contribution in [1.29, 1.82) is 0 Å². The molecular weight excluding hydrogens is 214 g/mol. The second-order valence-electron chi connectivity index (χ2n) is 3.70. The van der Waals surface area contributed by atoms with Gasteiger partial charge in [-0.25, -0.2) is 5.10 Å². The van der Waals surface area contributed by atoms with Crippen molar-refractivity contribution >= 4 is 10.8 Å². The molecule has 0 saturated carbocycles. The van der Waals surface area contributed by atoms with E-state index >= 15 is 0 Å². The molecule has 2 heterocycles. The van der Waals surface area contributed by atoms with Crippen LogP contribution in [-0.2, 0) is 0 Å². The summed E-state index contributed by atoms with van der Waals surface area (Å²) in [5, 5.41) is 7.76. The number of aromatic nitrogens is 3. The number of benzene rings is 1. The SMILES string of the molecule is O=c1[nH]ncc2cccc(-c3ccncc3)c12. The monoisotopic (exact) mass is 223 g/mol. The predicted octanol–water partition coefficient (Wildman–Crippen LogP) is 1.99. The first kappa shape index (κ1) is 9.72. The van der Waals surface area contributed by atoms with Crippen LogP contribution in [0, 0.1) is 0 Å². The molecule has 4 heteroatoms. The molecule has 0 bridgehead atoms. The second kappa shape index (κ2) is 3.83. The Morgan fingerprint density at radius 2 is 1.88 bits per heavy atom. The smallest absolute Gasteiger partial charge is 0.267 e. The molecule has 0 saturated heterocycles. The molecule has 0 unspecified atom stereocenters. The summed E-state index contributed by atoms with van der Waals surface area (Å²) in [5.41, 5.74) is 1.70. The molecule has 0 aliphatic carbocycles. The fourth-order valence-corrected chi connectivity index (χ4v) is 1.92. The Bertz CT molecular complexity index is 714. The minimum atomic E-state index is -0.171. The van der Waals surface area contributed by atoms with Crippen molar-refractivity contribution in [1.82, 2.24) is 15.2 Å². The molecule has 4 nitrogen and oxygen atoms in total. The van der Waals surface area contributed by atoms with Crippen LogP contribution in [0.25, 0.3) is 21.9 Å². The maximum Gasteiger partial charge on any atom is 0.272 e. The molecular formula is C13H9N3O. The first-order valence-electron chi connectivity index (χ1n) is 5.23. The number of nitrogens with one attached hydrogen (secondary N) is 1. The van der Waals surface area contributed by atoms with E-state index in [0.717, 1.165) is 16.5 Å². The third kappa shape index (κ3) is 1.59. The van der Waals surface area contributed by atoms with Gasteiger partial charge in [-0.3, -0.25) is 9.78 Å². The van der Waals surface area contributed by atoms with Gasteiger partial charge in [0.25, 0.3) is 5.56 Å². The summed E-state index contributed by atoms with van der Waals surface area (Å²) in [7, 11) is 0. The van der Waals surface area contributed by atoms with Crippen LogP contribution in [0.3, 0.4) is 0 Å². The van der Waals surface area contributed by atoms with Gasteiger partial charge < -0.3 is 0 Å². The molecule has 0 aliphatic rings. The predicted molar refractivity (Wildman–Crippen MR) is 65.6 cm³/mol. The van der Waals surface area contributed by atoms with Gasteiger partial charge in [0, 0.05) is 17.8 Å². The zero-order valence-corrected chi connectivity index (χ0v) is 8.92. The Balaban J connectivity index is 2.42. The van der Waals surface area contributed by atoms with E-state index in [1.54, 1.807) is 18.6 Å². The standard InChI is InChI=1S/C13H9N3O/c17-13-12-10(8-15-16-13)2-1-3-11(12)9-4-6-14-7-5-9/h1-8H,(H,16,17). The van der Waals surface area contributed by atoms with Crippen LogP contribution >= 0.6 is 0 Å². The van der Waals surface area contributed by atoms with Crippen molar-refractivity contribution in [3.63, 3.8) is 0 Å². The van der Waals surface area contributed by atoms with E-state index in [0.29, 0.717) is 5.39 Å². The molecule has 1 N–H and O–H groups in total. The van der Waals surface area contributed by atoms with E-state index < -0.39 is 0 Å². The molecule has 3 rings (SSSR count). The van der Waals surface area contributed by atoms with Crippen LogP contribution in [0.4, 0.5) is 0 Å². The molecule has 0 fully saturated rings. The molecule has 0 radical (unpaired) electrons. The summed E-state index contributed by atoms with van der Waals surface area (Å²) in [6, 6.07) is 9.48. The summed E-state index contributed by atoms with van der Waals surface area (Å²) in [6.45, 7) is 0. The van der Waals surface area contributed by atoms with Crippen molar-refractivity contribution in [2.24, 2.45) is 0 Å². The second-order valence-corrected chi connectivity index (χ2v) is 3.70. The van der Waals surface area contributed by atoms with Crippen molar-refractivity contribution in [2.75, 3.05) is 0 Å². The highest BCUT2D eigenvalue weighted by molar-refractivity contribution is 5.95. The minimum Gasteiger partial charge on any atom is -0.267 e. The Hall–Kier alpha value is -2.49. The van der Waals surface area contributed by atoms with Gasteiger partial charge in [-0.1, -0.05) is 18.2 Å². The van der Waals surface area contributed by atoms with Crippen molar-refractivity contribution in [3.05, 3.63) is 59.3 Å². The average Bonchev–Trinajstić information content (AvgIpc) is 2.39. The van der Waals surface area contributed by atoms with Crippen molar-refractivity contribution < 1.29 is 0 Å². The molecule has 0 aliphatic heterocycles. The fraction of sp³-hybridized carbons (Fsp3) is 0. The lowest BCUT2D eigenvalue weighted by atomic mass is 10.0. The maximum atomic E-state index is 11.8. The van der Waals surface area contributed by atoms with Gasteiger partial charge in [0.05, 0.1) is 11.6 Å². The number of aromatic amines is 1. The quantitative estimate of drug-likeness (QED) is 0.686. The summed E-state index contributed by atoms with van der Waals surface area (Å²) >= 11 is 0. The van der Waals surface area contributed by atoms with E-state index in [1.165, 1.54) is 0 Å². The Kier molecular flexibility index (Phi) is 2.19. The number of H-pyrrole nitrogens is 1. The molecule has 17 heavy (non-hydrogen) atoms. The Labute approximate surface area is 97.0 Å². The summed E-state index contributed by atoms with van der Waals surface area (Å²) < 4.78 is 0. The van der Waals surface area contributed by atoms with Crippen LogP contribution in [-0.4, -0.2) is 15.2 Å². The lowest BCUT2D eigenvalue weighted by Crippen LogP contribution is -2.08. The lowest BCUT2D eigenvalue weighted by Gasteiger charge is -2.04. The first-order chi connectivity index (χ1) is 8.36. The maximum absolute atomic E-state index is 11.8. The van der Waals surface area contributed by atoms with Crippen molar-refractivity contribution in [2.45, 2.75) is 0 Å². The fourth-order valence-electron chi connectivity index (χ4n) is 1.92. The Morgan fingerprint density at radius 1 is 1.06 bits per heavy atom. The molecule has 2 aromatic heterocycles. The van der Waals surface area contributed by atoms with E-state index in [2.05, 4.69) is 15.2 Å². The average molecular weight is 223 g/mol. The molecule has 1 aromatic carbocycles. The van der Waals surface area contributed by atoms with Gasteiger partial charge in [-0.05, 0) is 23.3 Å². The summed E-state index contributed by atoms with van der Waals surface area (Å²) in [6.07, 6.45) is 5.08. The zero-order chi connectivity index (χ0) is 11.7.